The third-order valence-corrected chi connectivity index (χ3v) is 3.17. The van der Waals surface area contributed by atoms with Gasteiger partial charge in [0.1, 0.15) is 11.9 Å². The maximum atomic E-state index is 13.5. The second kappa shape index (κ2) is 6.36. The van der Waals surface area contributed by atoms with Crippen molar-refractivity contribution in [3.8, 4) is 5.88 Å². The second-order valence-corrected chi connectivity index (χ2v) is 4.58. The van der Waals surface area contributed by atoms with Gasteiger partial charge in [-0.15, -0.1) is 10.2 Å². The molecule has 110 valence electrons. The molecule has 3 N–H and O–H groups in total. The van der Waals surface area contributed by atoms with Crippen molar-refractivity contribution in [1.82, 2.24) is 10.2 Å². The molecule has 0 saturated carbocycles. The zero-order valence-corrected chi connectivity index (χ0v) is 11.6. The van der Waals surface area contributed by atoms with E-state index in [2.05, 4.69) is 10.2 Å². The number of rotatable bonds is 4. The van der Waals surface area contributed by atoms with Gasteiger partial charge in [-0.3, -0.25) is 0 Å². The number of methoxy groups -OCH3 is 1. The standard InChI is InChI=1S/C12H11BClFN2O4/c1-21-11-3-2-10(16-17-11)12(18)6-4-7(13(19)20)9(15)5-8(6)14/h2-5,12,18-20H,1H3. The molecule has 0 spiro atoms. The summed E-state index contributed by atoms with van der Waals surface area (Å²) in [5, 5.41) is 35.8. The van der Waals surface area contributed by atoms with Crippen LogP contribution in [0.2, 0.25) is 5.02 Å². The molecule has 0 amide bonds. The summed E-state index contributed by atoms with van der Waals surface area (Å²) < 4.78 is 18.4. The van der Waals surface area contributed by atoms with Gasteiger partial charge in [0.05, 0.1) is 12.8 Å². The average Bonchev–Trinajstić information content (AvgIpc) is 2.46. The van der Waals surface area contributed by atoms with Crippen molar-refractivity contribution in [3.05, 3.63) is 46.4 Å². The Hall–Kier alpha value is -1.74. The summed E-state index contributed by atoms with van der Waals surface area (Å²) in [6.45, 7) is 0. The van der Waals surface area contributed by atoms with Crippen LogP contribution in [0.5, 0.6) is 5.88 Å². The maximum absolute atomic E-state index is 13.5. The highest BCUT2D eigenvalue weighted by Gasteiger charge is 2.23. The number of aliphatic hydroxyl groups is 1. The van der Waals surface area contributed by atoms with Crippen molar-refractivity contribution in [2.75, 3.05) is 7.11 Å². The summed E-state index contributed by atoms with van der Waals surface area (Å²) in [4.78, 5) is 0. The largest absolute Gasteiger partial charge is 0.491 e. The van der Waals surface area contributed by atoms with Crippen LogP contribution in [0.25, 0.3) is 0 Å². The highest BCUT2D eigenvalue weighted by Crippen LogP contribution is 2.27. The monoisotopic (exact) mass is 312 g/mol. The van der Waals surface area contributed by atoms with E-state index in [1.807, 2.05) is 0 Å². The minimum atomic E-state index is -2.02. The topological polar surface area (TPSA) is 95.7 Å². The molecule has 0 aliphatic heterocycles. The van der Waals surface area contributed by atoms with Gasteiger partial charge in [0.15, 0.2) is 0 Å². The van der Waals surface area contributed by atoms with Crippen LogP contribution >= 0.6 is 11.6 Å². The van der Waals surface area contributed by atoms with E-state index in [1.165, 1.54) is 19.2 Å². The van der Waals surface area contributed by atoms with Crippen LogP contribution in [0.1, 0.15) is 17.4 Å². The minimum absolute atomic E-state index is 0.0676. The van der Waals surface area contributed by atoms with Gasteiger partial charge in [-0.25, -0.2) is 4.39 Å². The second-order valence-electron chi connectivity index (χ2n) is 4.17. The molecule has 21 heavy (non-hydrogen) atoms. The first kappa shape index (κ1) is 15.6. The Morgan fingerprint density at radius 1 is 1.29 bits per heavy atom. The lowest BCUT2D eigenvalue weighted by molar-refractivity contribution is 0.213. The van der Waals surface area contributed by atoms with Gasteiger partial charge in [-0.1, -0.05) is 17.7 Å². The fraction of sp³-hybridized carbons (Fsp3) is 0.167. The molecule has 0 radical (unpaired) electrons. The van der Waals surface area contributed by atoms with Gasteiger partial charge in [-0.2, -0.15) is 0 Å². The van der Waals surface area contributed by atoms with E-state index in [9.17, 15) is 9.50 Å². The van der Waals surface area contributed by atoms with Gasteiger partial charge in [0.2, 0.25) is 5.88 Å². The van der Waals surface area contributed by atoms with Crippen LogP contribution in [-0.2, 0) is 0 Å². The van der Waals surface area contributed by atoms with Crippen molar-refractivity contribution in [3.63, 3.8) is 0 Å². The molecule has 2 aromatic rings. The highest BCUT2D eigenvalue weighted by atomic mass is 35.5. The fourth-order valence-corrected chi connectivity index (χ4v) is 1.99. The molecular formula is C12H11BClFN2O4. The molecule has 0 aliphatic carbocycles. The number of ether oxygens (including phenoxy) is 1. The van der Waals surface area contributed by atoms with E-state index >= 15 is 0 Å². The van der Waals surface area contributed by atoms with E-state index < -0.39 is 24.5 Å². The van der Waals surface area contributed by atoms with E-state index in [-0.39, 0.29) is 22.2 Å². The normalized spacial score (nSPS) is 12.1. The molecule has 9 heteroatoms. The predicted molar refractivity (Wildman–Crippen MR) is 73.9 cm³/mol. The first-order valence-electron chi connectivity index (χ1n) is 5.84. The van der Waals surface area contributed by atoms with E-state index in [1.54, 1.807) is 0 Å². The smallest absolute Gasteiger partial charge is 0.480 e. The number of aliphatic hydroxyl groups excluding tert-OH is 1. The summed E-state index contributed by atoms with van der Waals surface area (Å²) >= 11 is 5.87. The number of halogens is 2. The Bertz CT molecular complexity index is 642. The molecule has 1 heterocycles. The van der Waals surface area contributed by atoms with Crippen molar-refractivity contribution >= 4 is 24.2 Å². The Balaban J connectivity index is 2.41. The van der Waals surface area contributed by atoms with Crippen molar-refractivity contribution < 1.29 is 24.3 Å². The lowest BCUT2D eigenvalue weighted by atomic mass is 9.78. The molecule has 0 fully saturated rings. The van der Waals surface area contributed by atoms with Gasteiger partial charge < -0.3 is 19.9 Å². The molecule has 2 rings (SSSR count). The Morgan fingerprint density at radius 3 is 2.52 bits per heavy atom. The fourth-order valence-electron chi connectivity index (χ4n) is 1.74. The van der Waals surface area contributed by atoms with Gasteiger partial charge >= 0.3 is 7.12 Å². The van der Waals surface area contributed by atoms with E-state index in [0.29, 0.717) is 0 Å². The SMILES string of the molecule is COc1ccc(C(O)c2cc(B(O)O)c(F)cc2Cl)nn1. The Labute approximate surface area is 124 Å². The lowest BCUT2D eigenvalue weighted by Gasteiger charge is -2.14. The number of hydrogen-bond donors (Lipinski definition) is 3. The zero-order chi connectivity index (χ0) is 15.6. The molecule has 1 atom stereocenters. The number of aromatic nitrogens is 2. The Morgan fingerprint density at radius 2 is 2.00 bits per heavy atom. The van der Waals surface area contributed by atoms with Crippen molar-refractivity contribution in [2.45, 2.75) is 6.10 Å². The molecule has 6 nitrogen and oxygen atoms in total. The van der Waals surface area contributed by atoms with E-state index in [0.717, 1.165) is 12.1 Å². The van der Waals surface area contributed by atoms with Crippen molar-refractivity contribution in [2.24, 2.45) is 0 Å². The molecule has 0 aliphatic rings. The molecule has 0 saturated heterocycles. The van der Waals surface area contributed by atoms with Gasteiger partial charge in [0.25, 0.3) is 0 Å². The number of nitrogens with zero attached hydrogens (tertiary/aromatic N) is 2. The van der Waals surface area contributed by atoms with Crippen LogP contribution < -0.4 is 10.2 Å². The third kappa shape index (κ3) is 3.30. The van der Waals surface area contributed by atoms with Crippen LogP contribution in [0, 0.1) is 5.82 Å². The molecule has 0 bridgehead atoms. The van der Waals surface area contributed by atoms with Crippen LogP contribution in [0.15, 0.2) is 24.3 Å². The molecule has 1 aromatic carbocycles. The van der Waals surface area contributed by atoms with Crippen LogP contribution in [0.3, 0.4) is 0 Å². The molecule has 1 aromatic heterocycles. The lowest BCUT2D eigenvalue weighted by Crippen LogP contribution is -2.33. The zero-order valence-electron chi connectivity index (χ0n) is 10.9. The first-order chi connectivity index (χ1) is 9.93. The average molecular weight is 312 g/mol. The molecule has 1 unspecified atom stereocenters. The third-order valence-electron chi connectivity index (χ3n) is 2.84. The number of hydrogen-bond acceptors (Lipinski definition) is 6. The first-order valence-corrected chi connectivity index (χ1v) is 6.22. The summed E-state index contributed by atoms with van der Waals surface area (Å²) in [6, 6.07) is 4.92. The van der Waals surface area contributed by atoms with Crippen LogP contribution in [0.4, 0.5) is 4.39 Å². The molecular weight excluding hydrogens is 301 g/mol. The summed E-state index contributed by atoms with van der Waals surface area (Å²) in [5.74, 6) is -0.616. The quantitative estimate of drug-likeness (QED) is 0.690. The predicted octanol–water partition coefficient (Wildman–Crippen LogP) is 0.0392. The van der Waals surface area contributed by atoms with Crippen molar-refractivity contribution in [1.29, 1.82) is 0 Å². The summed E-state index contributed by atoms with van der Waals surface area (Å²) in [7, 11) is -0.596. The Kier molecular flexibility index (Phi) is 4.74. The van der Waals surface area contributed by atoms with Gasteiger partial charge in [-0.05, 0) is 12.1 Å². The summed E-state index contributed by atoms with van der Waals surface area (Å²) in [5.41, 5.74) is -0.154. The number of benzene rings is 1. The minimum Gasteiger partial charge on any atom is -0.480 e. The van der Waals surface area contributed by atoms with Gasteiger partial charge in [0, 0.05) is 22.1 Å². The van der Waals surface area contributed by atoms with Crippen LogP contribution in [-0.4, -0.2) is 39.6 Å². The maximum Gasteiger partial charge on any atom is 0.491 e. The van der Waals surface area contributed by atoms with E-state index in [4.69, 9.17) is 26.4 Å². The summed E-state index contributed by atoms with van der Waals surface area (Å²) in [6.07, 6.45) is -1.30. The highest BCUT2D eigenvalue weighted by molar-refractivity contribution is 6.58.